The van der Waals surface area contributed by atoms with Gasteiger partial charge in [0.05, 0.1) is 6.61 Å². The SMILES string of the molecule is CC(C)C1CCN(CCOCNC(=O)C2CCN(C(C)C)CC2)CC1. The maximum atomic E-state index is 12.2. The zero-order chi connectivity index (χ0) is 18.2. The van der Waals surface area contributed by atoms with E-state index in [4.69, 9.17) is 4.74 Å². The van der Waals surface area contributed by atoms with Gasteiger partial charge in [0.25, 0.3) is 0 Å². The third-order valence-corrected chi connectivity index (χ3v) is 6.11. The Hall–Kier alpha value is -0.650. The highest BCUT2D eigenvalue weighted by Crippen LogP contribution is 2.24. The minimum atomic E-state index is 0.161. The number of carbonyl (C=O) groups is 1. The third kappa shape index (κ3) is 6.87. The van der Waals surface area contributed by atoms with Crippen molar-refractivity contribution in [3.63, 3.8) is 0 Å². The summed E-state index contributed by atoms with van der Waals surface area (Å²) in [5, 5.41) is 2.96. The Kier molecular flexibility index (Phi) is 8.67. The van der Waals surface area contributed by atoms with Crippen LogP contribution in [0.2, 0.25) is 0 Å². The molecule has 0 saturated carbocycles. The molecule has 1 N–H and O–H groups in total. The van der Waals surface area contributed by atoms with Gasteiger partial charge in [0.2, 0.25) is 5.91 Å². The summed E-state index contributed by atoms with van der Waals surface area (Å²) in [4.78, 5) is 17.2. The molecule has 146 valence electrons. The lowest BCUT2D eigenvalue weighted by Crippen LogP contribution is -2.43. The molecular weight excluding hydrogens is 314 g/mol. The van der Waals surface area contributed by atoms with E-state index in [9.17, 15) is 4.79 Å². The van der Waals surface area contributed by atoms with E-state index in [0.717, 1.165) is 44.3 Å². The number of amides is 1. The largest absolute Gasteiger partial charge is 0.360 e. The summed E-state index contributed by atoms with van der Waals surface area (Å²) >= 11 is 0. The lowest BCUT2D eigenvalue weighted by Gasteiger charge is -2.34. The van der Waals surface area contributed by atoms with Crippen molar-refractivity contribution in [2.45, 2.75) is 59.4 Å². The average Bonchev–Trinajstić information content (AvgIpc) is 2.61. The topological polar surface area (TPSA) is 44.8 Å². The van der Waals surface area contributed by atoms with Crippen LogP contribution in [0.4, 0.5) is 0 Å². The number of rotatable bonds is 8. The van der Waals surface area contributed by atoms with Crippen LogP contribution in [0.5, 0.6) is 0 Å². The van der Waals surface area contributed by atoms with Gasteiger partial charge in [-0.25, -0.2) is 0 Å². The van der Waals surface area contributed by atoms with E-state index in [1.807, 2.05) is 0 Å². The summed E-state index contributed by atoms with van der Waals surface area (Å²) < 4.78 is 5.65. The summed E-state index contributed by atoms with van der Waals surface area (Å²) in [6.07, 6.45) is 4.55. The fourth-order valence-corrected chi connectivity index (χ4v) is 4.05. The standard InChI is InChI=1S/C20H39N3O2/c1-16(2)18-5-9-22(10-6-18)13-14-25-15-21-20(24)19-7-11-23(12-8-19)17(3)4/h16-19H,5-15H2,1-4H3,(H,21,24). The van der Waals surface area contributed by atoms with Crippen molar-refractivity contribution in [2.24, 2.45) is 17.8 Å². The fourth-order valence-electron chi connectivity index (χ4n) is 4.05. The highest BCUT2D eigenvalue weighted by Gasteiger charge is 2.25. The van der Waals surface area contributed by atoms with Crippen molar-refractivity contribution < 1.29 is 9.53 Å². The molecule has 0 radical (unpaired) electrons. The van der Waals surface area contributed by atoms with Gasteiger partial charge in [-0.05, 0) is 77.5 Å². The van der Waals surface area contributed by atoms with E-state index in [1.165, 1.54) is 25.9 Å². The Bertz CT molecular complexity index is 384. The summed E-state index contributed by atoms with van der Waals surface area (Å²) in [6, 6.07) is 0.581. The second-order valence-corrected chi connectivity index (χ2v) is 8.42. The molecule has 2 heterocycles. The number of hydrogen-bond donors (Lipinski definition) is 1. The van der Waals surface area contributed by atoms with E-state index in [1.54, 1.807) is 0 Å². The average molecular weight is 354 g/mol. The zero-order valence-electron chi connectivity index (χ0n) is 16.8. The van der Waals surface area contributed by atoms with Crippen molar-refractivity contribution in [3.05, 3.63) is 0 Å². The maximum Gasteiger partial charge on any atom is 0.224 e. The van der Waals surface area contributed by atoms with Gasteiger partial charge in [0.15, 0.2) is 0 Å². The lowest BCUT2D eigenvalue weighted by atomic mass is 9.87. The molecule has 0 aromatic heterocycles. The molecular formula is C20H39N3O2. The molecule has 2 saturated heterocycles. The number of piperidine rings is 2. The normalized spacial score (nSPS) is 22.0. The monoisotopic (exact) mass is 353 g/mol. The van der Waals surface area contributed by atoms with Crippen molar-refractivity contribution in [3.8, 4) is 0 Å². The van der Waals surface area contributed by atoms with Crippen molar-refractivity contribution in [1.29, 1.82) is 0 Å². The minimum absolute atomic E-state index is 0.161. The lowest BCUT2D eigenvalue weighted by molar-refractivity contribution is -0.128. The molecule has 2 rings (SSSR count). The number of carbonyl (C=O) groups excluding carboxylic acids is 1. The molecule has 0 atom stereocenters. The van der Waals surface area contributed by atoms with Gasteiger partial charge in [-0.2, -0.15) is 0 Å². The molecule has 5 nitrogen and oxygen atoms in total. The summed E-state index contributed by atoms with van der Waals surface area (Å²) in [5.41, 5.74) is 0. The van der Waals surface area contributed by atoms with E-state index in [2.05, 4.69) is 42.8 Å². The van der Waals surface area contributed by atoms with Gasteiger partial charge in [-0.1, -0.05) is 13.8 Å². The number of hydrogen-bond acceptors (Lipinski definition) is 4. The van der Waals surface area contributed by atoms with E-state index < -0.39 is 0 Å². The zero-order valence-corrected chi connectivity index (χ0v) is 16.8. The van der Waals surface area contributed by atoms with Gasteiger partial charge >= 0.3 is 0 Å². The van der Waals surface area contributed by atoms with Crippen LogP contribution in [0.3, 0.4) is 0 Å². The molecule has 5 heteroatoms. The Morgan fingerprint density at radius 1 is 1.04 bits per heavy atom. The minimum Gasteiger partial charge on any atom is -0.360 e. The molecule has 0 aromatic rings. The van der Waals surface area contributed by atoms with E-state index in [0.29, 0.717) is 19.4 Å². The predicted molar refractivity (Wildman–Crippen MR) is 102 cm³/mol. The molecule has 0 aliphatic carbocycles. The van der Waals surface area contributed by atoms with E-state index in [-0.39, 0.29) is 11.8 Å². The van der Waals surface area contributed by atoms with Crippen LogP contribution in [0, 0.1) is 17.8 Å². The van der Waals surface area contributed by atoms with Crippen LogP contribution in [-0.2, 0) is 9.53 Å². The molecule has 1 amide bonds. The Morgan fingerprint density at radius 2 is 1.68 bits per heavy atom. The summed E-state index contributed by atoms with van der Waals surface area (Å²) in [6.45, 7) is 15.6. The van der Waals surface area contributed by atoms with Crippen molar-refractivity contribution in [2.75, 3.05) is 46.1 Å². The quantitative estimate of drug-likeness (QED) is 0.538. The predicted octanol–water partition coefficient (Wildman–Crippen LogP) is 2.57. The van der Waals surface area contributed by atoms with Crippen LogP contribution in [0.15, 0.2) is 0 Å². The second-order valence-electron chi connectivity index (χ2n) is 8.42. The van der Waals surface area contributed by atoms with Crippen LogP contribution < -0.4 is 5.32 Å². The van der Waals surface area contributed by atoms with Gasteiger partial charge in [0, 0.05) is 18.5 Å². The van der Waals surface area contributed by atoms with E-state index >= 15 is 0 Å². The molecule has 0 unspecified atom stereocenters. The second kappa shape index (κ2) is 10.5. The first-order valence-electron chi connectivity index (χ1n) is 10.3. The van der Waals surface area contributed by atoms with Gasteiger partial charge in [0.1, 0.15) is 6.73 Å². The number of likely N-dealkylation sites (tertiary alicyclic amines) is 2. The highest BCUT2D eigenvalue weighted by molar-refractivity contribution is 5.78. The fraction of sp³-hybridized carbons (Fsp3) is 0.950. The van der Waals surface area contributed by atoms with Crippen LogP contribution >= 0.6 is 0 Å². The third-order valence-electron chi connectivity index (χ3n) is 6.11. The first-order chi connectivity index (χ1) is 12.0. The number of nitrogens with one attached hydrogen (secondary N) is 1. The number of ether oxygens (including phenoxy) is 1. The Labute approximate surface area is 154 Å². The molecule has 0 bridgehead atoms. The van der Waals surface area contributed by atoms with Gasteiger partial charge < -0.3 is 19.9 Å². The Morgan fingerprint density at radius 3 is 2.24 bits per heavy atom. The van der Waals surface area contributed by atoms with Crippen molar-refractivity contribution in [1.82, 2.24) is 15.1 Å². The highest BCUT2D eigenvalue weighted by atomic mass is 16.5. The number of nitrogens with zero attached hydrogens (tertiary/aromatic N) is 2. The molecule has 0 spiro atoms. The molecule has 2 fully saturated rings. The summed E-state index contributed by atoms with van der Waals surface area (Å²) in [7, 11) is 0. The maximum absolute atomic E-state index is 12.2. The first-order valence-corrected chi connectivity index (χ1v) is 10.3. The molecule has 0 aromatic carbocycles. The smallest absolute Gasteiger partial charge is 0.224 e. The molecule has 2 aliphatic heterocycles. The summed E-state index contributed by atoms with van der Waals surface area (Å²) in [5.74, 6) is 2.02. The van der Waals surface area contributed by atoms with Crippen LogP contribution in [0.25, 0.3) is 0 Å². The molecule has 25 heavy (non-hydrogen) atoms. The van der Waals surface area contributed by atoms with Crippen molar-refractivity contribution >= 4 is 5.91 Å². The van der Waals surface area contributed by atoms with Gasteiger partial charge in [-0.15, -0.1) is 0 Å². The van der Waals surface area contributed by atoms with Gasteiger partial charge in [-0.3, -0.25) is 4.79 Å². The molecule has 2 aliphatic rings. The van der Waals surface area contributed by atoms with Crippen LogP contribution in [-0.4, -0.2) is 67.8 Å². The first kappa shape index (κ1) is 20.7. The van der Waals surface area contributed by atoms with Crippen LogP contribution in [0.1, 0.15) is 53.4 Å². The Balaban J connectivity index is 1.50.